The summed E-state index contributed by atoms with van der Waals surface area (Å²) in [5, 5.41) is 9.62. The Kier molecular flexibility index (Phi) is 8.22. The van der Waals surface area contributed by atoms with Crippen LogP contribution in [0.2, 0.25) is 0 Å². The first kappa shape index (κ1) is 30.2. The summed E-state index contributed by atoms with van der Waals surface area (Å²) in [6.45, 7) is 23.2. The molecule has 0 saturated carbocycles. The molecule has 5 rings (SSSR count). The number of nitrogens with one attached hydrogen (secondary N) is 2. The second-order valence-corrected chi connectivity index (χ2v) is 14.5. The molecule has 3 aromatic rings. The fourth-order valence-electron chi connectivity index (χ4n) is 6.59. The molecular weight excluding hydrogens is 529 g/mol. The van der Waals surface area contributed by atoms with Crippen molar-refractivity contribution in [1.82, 2.24) is 5.32 Å². The first-order valence-corrected chi connectivity index (χ1v) is 16.4. The van der Waals surface area contributed by atoms with Crippen molar-refractivity contribution in [1.29, 1.82) is 0 Å². The van der Waals surface area contributed by atoms with Gasteiger partial charge in [0, 0.05) is 23.5 Å². The van der Waals surface area contributed by atoms with Gasteiger partial charge in [-0.05, 0) is 125 Å². The number of rotatable bonds is 7. The lowest BCUT2D eigenvalue weighted by Crippen LogP contribution is -2.34. The van der Waals surface area contributed by atoms with Crippen molar-refractivity contribution in [2.24, 2.45) is 5.41 Å². The van der Waals surface area contributed by atoms with E-state index in [0.29, 0.717) is 0 Å². The van der Waals surface area contributed by atoms with Gasteiger partial charge < -0.3 is 10.6 Å². The third-order valence-electron chi connectivity index (χ3n) is 8.11. The Morgan fingerprint density at radius 1 is 1.02 bits per heavy atom. The van der Waals surface area contributed by atoms with Crippen LogP contribution >= 0.6 is 11.8 Å². The molecule has 0 bridgehead atoms. The predicted molar refractivity (Wildman–Crippen MR) is 189 cm³/mol. The normalized spacial score (nSPS) is 15.8. The van der Waals surface area contributed by atoms with Crippen LogP contribution in [0.3, 0.4) is 0 Å². The minimum atomic E-state index is -0.110. The molecule has 1 aliphatic heterocycles. The van der Waals surface area contributed by atoms with Gasteiger partial charge in [0.25, 0.3) is 0 Å². The van der Waals surface area contributed by atoms with Crippen molar-refractivity contribution in [2.75, 3.05) is 30.9 Å². The molecule has 0 amide bonds. The van der Waals surface area contributed by atoms with Gasteiger partial charge in [-0.3, -0.25) is 0 Å². The Balaban J connectivity index is 1.89. The lowest BCUT2D eigenvalue weighted by atomic mass is 9.78. The SMILES string of the molecule is C=C(C)c1ccccc1C1=c2cc(/C(=C\C(C)(C)C)CSC)c(=C)cc2Cc2cc3c(cc21)C(CNC)=CC(C)(C)N3. The van der Waals surface area contributed by atoms with E-state index in [9.17, 15) is 0 Å². The number of thioether (sulfide) groups is 1. The number of hydrogen-bond acceptors (Lipinski definition) is 3. The molecule has 1 aliphatic carbocycles. The molecule has 2 aliphatic rings. The third kappa shape index (κ3) is 5.96. The Morgan fingerprint density at radius 3 is 2.43 bits per heavy atom. The van der Waals surface area contributed by atoms with E-state index in [0.717, 1.165) is 29.5 Å². The molecule has 218 valence electrons. The molecule has 0 saturated heterocycles. The summed E-state index contributed by atoms with van der Waals surface area (Å²) in [5.74, 6) is 0.958. The molecule has 1 heterocycles. The highest BCUT2D eigenvalue weighted by Gasteiger charge is 2.29. The van der Waals surface area contributed by atoms with Gasteiger partial charge in [-0.25, -0.2) is 0 Å². The minimum Gasteiger partial charge on any atom is -0.376 e. The van der Waals surface area contributed by atoms with Crippen LogP contribution in [0.25, 0.3) is 28.9 Å². The number of anilines is 1. The second kappa shape index (κ2) is 11.4. The number of allylic oxidation sites excluding steroid dienone is 2. The van der Waals surface area contributed by atoms with Crippen LogP contribution < -0.4 is 21.1 Å². The summed E-state index contributed by atoms with van der Waals surface area (Å²) in [6.07, 6.45) is 7.86. The van der Waals surface area contributed by atoms with Gasteiger partial charge >= 0.3 is 0 Å². The van der Waals surface area contributed by atoms with Gasteiger partial charge in [-0.2, -0.15) is 11.8 Å². The minimum absolute atomic E-state index is 0.0784. The van der Waals surface area contributed by atoms with Crippen molar-refractivity contribution in [3.05, 3.63) is 117 Å². The van der Waals surface area contributed by atoms with E-state index in [-0.39, 0.29) is 11.0 Å². The van der Waals surface area contributed by atoms with Gasteiger partial charge in [-0.1, -0.05) is 82.0 Å². The fourth-order valence-corrected chi connectivity index (χ4v) is 7.14. The largest absolute Gasteiger partial charge is 0.376 e. The second-order valence-electron chi connectivity index (χ2n) is 13.6. The zero-order valence-corrected chi connectivity index (χ0v) is 27.5. The topological polar surface area (TPSA) is 24.1 Å². The van der Waals surface area contributed by atoms with E-state index < -0.39 is 0 Å². The van der Waals surface area contributed by atoms with Crippen molar-refractivity contribution in [3.8, 4) is 0 Å². The van der Waals surface area contributed by atoms with Gasteiger partial charge in [-0.15, -0.1) is 0 Å². The van der Waals surface area contributed by atoms with Crippen molar-refractivity contribution in [2.45, 2.75) is 53.5 Å². The molecule has 0 unspecified atom stereocenters. The zero-order valence-electron chi connectivity index (χ0n) is 26.7. The monoisotopic (exact) mass is 574 g/mol. The first-order valence-electron chi connectivity index (χ1n) is 15.0. The van der Waals surface area contributed by atoms with E-state index in [1.54, 1.807) is 0 Å². The number of likely N-dealkylation sites (N-methyl/N-ethyl adjacent to an activating group) is 1. The summed E-state index contributed by atoms with van der Waals surface area (Å²) >= 11 is 1.87. The van der Waals surface area contributed by atoms with Crippen molar-refractivity contribution in [3.63, 3.8) is 0 Å². The summed E-state index contributed by atoms with van der Waals surface area (Å²) < 4.78 is 0. The molecule has 0 radical (unpaired) electrons. The smallest absolute Gasteiger partial charge is 0.0506 e. The maximum atomic E-state index is 4.58. The maximum Gasteiger partial charge on any atom is 0.0506 e. The van der Waals surface area contributed by atoms with E-state index in [4.69, 9.17) is 0 Å². The molecule has 0 atom stereocenters. The fraction of sp³-hybridized carbons (Fsp3) is 0.333. The Bertz CT molecular complexity index is 1740. The van der Waals surface area contributed by atoms with Crippen molar-refractivity contribution < 1.29 is 0 Å². The van der Waals surface area contributed by atoms with Crippen LogP contribution in [0, 0.1) is 5.41 Å². The van der Waals surface area contributed by atoms with Crippen LogP contribution in [0.5, 0.6) is 0 Å². The maximum absolute atomic E-state index is 4.58. The summed E-state index contributed by atoms with van der Waals surface area (Å²) in [7, 11) is 2.03. The number of benzene rings is 3. The standard InChI is InChI=1S/C39H46N2S/c1-24(2)30-13-11-12-14-31(30)37-34-18-32(29(23-42-10)20-38(4,5)6)25(3)15-26(34)16-27-17-36-33(19-35(27)37)28(22-40-9)21-39(7,8)41-36/h11-15,17-21,40-41H,1,3,16,22-23H2,2,4-10H3/b29-20-. The van der Waals surface area contributed by atoms with Crippen LogP contribution in [-0.4, -0.2) is 31.1 Å². The first-order chi connectivity index (χ1) is 19.8. The van der Waals surface area contributed by atoms with Crippen LogP contribution in [0.1, 0.15) is 80.5 Å². The highest BCUT2D eigenvalue weighted by molar-refractivity contribution is 7.99. The van der Waals surface area contributed by atoms with E-state index >= 15 is 0 Å². The molecular formula is C39H46N2S. The molecule has 2 N–H and O–H groups in total. The third-order valence-corrected chi connectivity index (χ3v) is 8.71. The molecule has 2 nitrogen and oxygen atoms in total. The summed E-state index contributed by atoms with van der Waals surface area (Å²) in [4.78, 5) is 0. The lowest BCUT2D eigenvalue weighted by molar-refractivity contribution is 0.545. The predicted octanol–water partition coefficient (Wildman–Crippen LogP) is 7.88. The quantitative estimate of drug-likeness (QED) is 0.235. The number of fused-ring (bicyclic) bond motifs is 3. The Morgan fingerprint density at radius 2 is 1.76 bits per heavy atom. The average Bonchev–Trinajstić information content (AvgIpc) is 2.89. The van der Waals surface area contributed by atoms with Gasteiger partial charge in [0.1, 0.15) is 0 Å². The van der Waals surface area contributed by atoms with Gasteiger partial charge in [0.15, 0.2) is 0 Å². The Hall–Kier alpha value is -3.27. The van der Waals surface area contributed by atoms with E-state index in [1.807, 2.05) is 18.8 Å². The van der Waals surface area contributed by atoms with Crippen LogP contribution in [-0.2, 0) is 6.42 Å². The Labute approximate surface area is 257 Å². The lowest BCUT2D eigenvalue weighted by Gasteiger charge is -2.34. The van der Waals surface area contributed by atoms with Crippen LogP contribution in [0.15, 0.2) is 67.3 Å². The van der Waals surface area contributed by atoms with Gasteiger partial charge in [0.2, 0.25) is 0 Å². The molecule has 0 fully saturated rings. The van der Waals surface area contributed by atoms with Gasteiger partial charge in [0.05, 0.1) is 5.54 Å². The number of hydrogen-bond donors (Lipinski definition) is 2. The highest BCUT2D eigenvalue weighted by Crippen LogP contribution is 2.41. The van der Waals surface area contributed by atoms with E-state index in [2.05, 4.69) is 132 Å². The van der Waals surface area contributed by atoms with E-state index in [1.165, 1.54) is 66.6 Å². The molecule has 42 heavy (non-hydrogen) atoms. The summed E-state index contributed by atoms with van der Waals surface area (Å²) in [6, 6.07) is 18.4. The van der Waals surface area contributed by atoms with Crippen molar-refractivity contribution >= 4 is 46.3 Å². The summed E-state index contributed by atoms with van der Waals surface area (Å²) in [5.41, 5.74) is 15.2. The molecule has 0 spiro atoms. The highest BCUT2D eigenvalue weighted by atomic mass is 32.2. The average molecular weight is 575 g/mol. The molecule has 3 heteroatoms. The molecule has 3 aromatic carbocycles. The molecule has 0 aromatic heterocycles. The van der Waals surface area contributed by atoms with Crippen LogP contribution in [0.4, 0.5) is 5.69 Å². The zero-order chi connectivity index (χ0) is 30.4.